The highest BCUT2D eigenvalue weighted by molar-refractivity contribution is 7.89. The van der Waals surface area contributed by atoms with Crippen molar-refractivity contribution >= 4 is 16.0 Å². The van der Waals surface area contributed by atoms with Gasteiger partial charge in [-0.1, -0.05) is 42.5 Å². The van der Waals surface area contributed by atoms with Crippen LogP contribution in [0, 0.1) is 11.7 Å². The normalized spacial score (nSPS) is 17.0. The van der Waals surface area contributed by atoms with Crippen molar-refractivity contribution in [1.29, 1.82) is 0 Å². The highest BCUT2D eigenvalue weighted by Crippen LogP contribution is 2.37. The van der Waals surface area contributed by atoms with Gasteiger partial charge in [0.1, 0.15) is 10.7 Å². The molecule has 0 bridgehead atoms. The zero-order valence-corrected chi connectivity index (χ0v) is 17.3. The molecule has 29 heavy (non-hydrogen) atoms. The molecule has 0 N–H and O–H groups in total. The second kappa shape index (κ2) is 9.50. The minimum Gasteiger partial charge on any atom is -0.466 e. The fourth-order valence-electron chi connectivity index (χ4n) is 3.97. The number of rotatable bonds is 7. The van der Waals surface area contributed by atoms with E-state index in [-0.39, 0.29) is 29.1 Å². The maximum absolute atomic E-state index is 14.0. The van der Waals surface area contributed by atoms with E-state index in [0.29, 0.717) is 32.5 Å². The molecule has 156 valence electrons. The quantitative estimate of drug-likeness (QED) is 0.637. The fourth-order valence-corrected chi connectivity index (χ4v) is 5.50. The van der Waals surface area contributed by atoms with Gasteiger partial charge in [0.15, 0.2) is 0 Å². The van der Waals surface area contributed by atoms with Crippen LogP contribution in [0.4, 0.5) is 4.39 Å². The van der Waals surface area contributed by atoms with Gasteiger partial charge in [-0.2, -0.15) is 4.31 Å². The first-order valence-corrected chi connectivity index (χ1v) is 11.3. The Labute approximate surface area is 171 Å². The smallest absolute Gasteiger partial charge is 0.306 e. The largest absolute Gasteiger partial charge is 0.466 e. The number of carbonyl (C=O) groups excluding carboxylic acids is 1. The SMILES string of the molecule is CCOC(=O)CC(c1ccccc1)C1CCN(S(=O)(=O)c2ccccc2F)CC1. The molecule has 0 radical (unpaired) electrons. The minimum atomic E-state index is -3.87. The molecule has 1 saturated heterocycles. The van der Waals surface area contributed by atoms with Crippen LogP contribution in [0.3, 0.4) is 0 Å². The average molecular weight is 420 g/mol. The summed E-state index contributed by atoms with van der Waals surface area (Å²) < 4.78 is 46.2. The molecule has 0 amide bonds. The van der Waals surface area contributed by atoms with E-state index in [4.69, 9.17) is 4.74 Å². The van der Waals surface area contributed by atoms with E-state index in [1.165, 1.54) is 22.5 Å². The number of nitrogens with zero attached hydrogens (tertiary/aromatic N) is 1. The minimum absolute atomic E-state index is 0.0337. The zero-order valence-electron chi connectivity index (χ0n) is 16.5. The lowest BCUT2D eigenvalue weighted by Gasteiger charge is -2.35. The van der Waals surface area contributed by atoms with Crippen molar-refractivity contribution in [1.82, 2.24) is 4.31 Å². The lowest BCUT2D eigenvalue weighted by atomic mass is 9.78. The number of halogens is 1. The molecule has 2 aromatic rings. The number of carbonyl (C=O) groups is 1. The molecule has 1 heterocycles. The summed E-state index contributed by atoms with van der Waals surface area (Å²) in [5.41, 5.74) is 1.05. The van der Waals surface area contributed by atoms with Crippen LogP contribution in [-0.2, 0) is 19.6 Å². The average Bonchev–Trinajstić information content (AvgIpc) is 2.73. The van der Waals surface area contributed by atoms with Crippen LogP contribution in [0.2, 0.25) is 0 Å². The topological polar surface area (TPSA) is 63.7 Å². The third kappa shape index (κ3) is 5.03. The van der Waals surface area contributed by atoms with Gasteiger partial charge >= 0.3 is 5.97 Å². The Balaban J connectivity index is 1.74. The summed E-state index contributed by atoms with van der Waals surface area (Å²) in [5, 5.41) is 0. The summed E-state index contributed by atoms with van der Waals surface area (Å²) in [6, 6.07) is 15.2. The lowest BCUT2D eigenvalue weighted by Crippen LogP contribution is -2.40. The summed E-state index contributed by atoms with van der Waals surface area (Å²) in [6.45, 7) is 2.71. The molecule has 1 aliphatic rings. The van der Waals surface area contributed by atoms with E-state index in [2.05, 4.69) is 0 Å². The van der Waals surface area contributed by atoms with Gasteiger partial charge in [0, 0.05) is 13.1 Å². The van der Waals surface area contributed by atoms with E-state index in [1.54, 1.807) is 6.92 Å². The van der Waals surface area contributed by atoms with Crippen LogP contribution in [0.25, 0.3) is 0 Å². The van der Waals surface area contributed by atoms with Crippen molar-refractivity contribution in [2.45, 2.75) is 37.0 Å². The number of esters is 1. The molecule has 2 aromatic carbocycles. The Bertz CT molecular complexity index is 925. The second-order valence-corrected chi connectivity index (χ2v) is 9.10. The summed E-state index contributed by atoms with van der Waals surface area (Å²) in [5.74, 6) is -0.871. The third-order valence-corrected chi connectivity index (χ3v) is 7.37. The lowest BCUT2D eigenvalue weighted by molar-refractivity contribution is -0.144. The molecule has 0 saturated carbocycles. The molecular formula is C22H26FNO4S. The van der Waals surface area contributed by atoms with E-state index in [9.17, 15) is 17.6 Å². The Hall–Kier alpha value is -2.25. The van der Waals surface area contributed by atoms with Gasteiger partial charge in [0.05, 0.1) is 13.0 Å². The monoisotopic (exact) mass is 419 g/mol. The van der Waals surface area contributed by atoms with Crippen molar-refractivity contribution in [3.8, 4) is 0 Å². The number of piperidine rings is 1. The Morgan fingerprint density at radius 3 is 2.34 bits per heavy atom. The molecule has 0 spiro atoms. The van der Waals surface area contributed by atoms with Gasteiger partial charge < -0.3 is 4.74 Å². The molecule has 1 fully saturated rings. The number of hydrogen-bond acceptors (Lipinski definition) is 4. The van der Waals surface area contributed by atoms with Crippen molar-refractivity contribution in [2.75, 3.05) is 19.7 Å². The molecule has 1 atom stereocenters. The summed E-state index contributed by atoms with van der Waals surface area (Å²) >= 11 is 0. The highest BCUT2D eigenvalue weighted by atomic mass is 32.2. The van der Waals surface area contributed by atoms with E-state index in [0.717, 1.165) is 11.6 Å². The summed E-state index contributed by atoms with van der Waals surface area (Å²) in [7, 11) is -3.87. The number of ether oxygens (including phenoxy) is 1. The van der Waals surface area contributed by atoms with Crippen LogP contribution in [0.5, 0.6) is 0 Å². The van der Waals surface area contributed by atoms with Crippen LogP contribution in [0.1, 0.15) is 37.7 Å². The molecule has 0 aliphatic carbocycles. The summed E-state index contributed by atoms with van der Waals surface area (Å²) in [6.07, 6.45) is 1.47. The maximum atomic E-state index is 14.0. The standard InChI is InChI=1S/C22H26FNO4S/c1-2-28-22(25)16-19(17-8-4-3-5-9-17)18-12-14-24(15-13-18)29(26,27)21-11-7-6-10-20(21)23/h3-11,18-19H,2,12-16H2,1H3. The molecular weight excluding hydrogens is 393 g/mol. The molecule has 3 rings (SSSR count). The first-order valence-electron chi connectivity index (χ1n) is 9.88. The fraction of sp³-hybridized carbons (Fsp3) is 0.409. The van der Waals surface area contributed by atoms with Gasteiger partial charge in [0.25, 0.3) is 0 Å². The second-order valence-electron chi connectivity index (χ2n) is 7.20. The molecule has 0 aromatic heterocycles. The molecule has 1 unspecified atom stereocenters. The predicted octanol–water partition coefficient (Wildman–Crippen LogP) is 3.96. The Morgan fingerprint density at radius 2 is 1.72 bits per heavy atom. The first kappa shape index (κ1) is 21.5. The first-order chi connectivity index (χ1) is 13.9. The van der Waals surface area contributed by atoms with Crippen LogP contribution in [-0.4, -0.2) is 38.4 Å². The third-order valence-electron chi connectivity index (χ3n) is 5.44. The van der Waals surface area contributed by atoms with Gasteiger partial charge in [-0.15, -0.1) is 0 Å². The Kier molecular flexibility index (Phi) is 7.03. The van der Waals surface area contributed by atoms with Gasteiger partial charge in [0.2, 0.25) is 10.0 Å². The number of sulfonamides is 1. The molecule has 1 aliphatic heterocycles. The molecule has 7 heteroatoms. The van der Waals surface area contributed by atoms with E-state index in [1.807, 2.05) is 30.3 Å². The molecule has 5 nitrogen and oxygen atoms in total. The Morgan fingerprint density at radius 1 is 1.10 bits per heavy atom. The summed E-state index contributed by atoms with van der Waals surface area (Å²) in [4.78, 5) is 11.9. The van der Waals surface area contributed by atoms with Crippen molar-refractivity contribution in [3.05, 3.63) is 66.0 Å². The van der Waals surface area contributed by atoms with Crippen molar-refractivity contribution in [2.24, 2.45) is 5.92 Å². The van der Waals surface area contributed by atoms with Crippen LogP contribution < -0.4 is 0 Å². The number of benzene rings is 2. The van der Waals surface area contributed by atoms with Gasteiger partial charge in [-0.25, -0.2) is 12.8 Å². The maximum Gasteiger partial charge on any atom is 0.306 e. The van der Waals surface area contributed by atoms with E-state index >= 15 is 0 Å². The number of hydrogen-bond donors (Lipinski definition) is 0. The highest BCUT2D eigenvalue weighted by Gasteiger charge is 2.35. The van der Waals surface area contributed by atoms with Gasteiger partial charge in [-0.3, -0.25) is 4.79 Å². The van der Waals surface area contributed by atoms with Crippen molar-refractivity contribution in [3.63, 3.8) is 0 Å². The van der Waals surface area contributed by atoms with Gasteiger partial charge in [-0.05, 0) is 49.3 Å². The van der Waals surface area contributed by atoms with Crippen LogP contribution in [0.15, 0.2) is 59.5 Å². The van der Waals surface area contributed by atoms with E-state index < -0.39 is 15.8 Å². The zero-order chi connectivity index (χ0) is 20.9. The predicted molar refractivity (Wildman–Crippen MR) is 108 cm³/mol. The van der Waals surface area contributed by atoms with Crippen LogP contribution >= 0.6 is 0 Å². The van der Waals surface area contributed by atoms with Crippen molar-refractivity contribution < 1.29 is 22.3 Å².